The van der Waals surface area contributed by atoms with E-state index in [9.17, 15) is 9.59 Å². The fourth-order valence-electron chi connectivity index (χ4n) is 4.23. The minimum absolute atomic E-state index is 0. The normalized spacial score (nSPS) is 20.6. The summed E-state index contributed by atoms with van der Waals surface area (Å²) in [6.45, 7) is 7.39. The van der Waals surface area contributed by atoms with Crippen molar-refractivity contribution >= 4 is 36.6 Å². The molecule has 0 radical (unpaired) electrons. The number of carbonyl (C=O) groups is 2. The second-order valence-corrected chi connectivity index (χ2v) is 8.66. The van der Waals surface area contributed by atoms with Gasteiger partial charge in [-0.1, -0.05) is 6.07 Å². The average Bonchev–Trinajstić information content (AvgIpc) is 2.72. The standard InChI is InChI=1S/C21H33N5O2.2ClH/c1-21(2,22)20(28)25-11-7-18(8-12-25)26-10-4-6-17(15-26)19(27)24-14-16-5-3-9-23-13-16;;/h3,5,9,13,17-18H,4,6-8,10-12,14-15,22H2,1-2H3,(H,24,27);2*1H. The van der Waals surface area contributed by atoms with Crippen molar-refractivity contribution in [1.82, 2.24) is 20.1 Å². The molecule has 3 heterocycles. The third-order valence-corrected chi connectivity index (χ3v) is 5.83. The lowest BCUT2D eigenvalue weighted by Crippen LogP contribution is -2.56. The summed E-state index contributed by atoms with van der Waals surface area (Å²) < 4.78 is 0. The van der Waals surface area contributed by atoms with Crippen LogP contribution in [0.3, 0.4) is 0 Å². The van der Waals surface area contributed by atoms with Crippen LogP contribution in [0.25, 0.3) is 0 Å². The highest BCUT2D eigenvalue weighted by Crippen LogP contribution is 2.25. The SMILES string of the molecule is CC(C)(N)C(=O)N1CCC(N2CCCC(C(=O)NCc3cccnc3)C2)CC1.Cl.Cl. The molecule has 1 aromatic heterocycles. The summed E-state index contributed by atoms with van der Waals surface area (Å²) in [6, 6.07) is 4.30. The van der Waals surface area contributed by atoms with Crippen molar-refractivity contribution in [1.29, 1.82) is 0 Å². The van der Waals surface area contributed by atoms with Gasteiger partial charge in [0.25, 0.3) is 0 Å². The molecular formula is C21H35Cl2N5O2. The molecule has 0 aromatic carbocycles. The summed E-state index contributed by atoms with van der Waals surface area (Å²) in [5.41, 5.74) is 6.17. The van der Waals surface area contributed by atoms with Gasteiger partial charge in [0.1, 0.15) is 0 Å². The number of hydrogen-bond acceptors (Lipinski definition) is 5. The quantitative estimate of drug-likeness (QED) is 0.701. The van der Waals surface area contributed by atoms with Gasteiger partial charge in [-0.3, -0.25) is 19.5 Å². The van der Waals surface area contributed by atoms with Gasteiger partial charge in [-0.2, -0.15) is 0 Å². The molecule has 3 rings (SSSR count). The van der Waals surface area contributed by atoms with Crippen molar-refractivity contribution in [2.75, 3.05) is 26.2 Å². The van der Waals surface area contributed by atoms with E-state index in [1.807, 2.05) is 17.0 Å². The molecule has 2 aliphatic rings. The molecule has 9 heteroatoms. The van der Waals surface area contributed by atoms with E-state index in [2.05, 4.69) is 15.2 Å². The van der Waals surface area contributed by atoms with E-state index in [4.69, 9.17) is 5.73 Å². The van der Waals surface area contributed by atoms with Crippen LogP contribution >= 0.6 is 24.8 Å². The second kappa shape index (κ2) is 11.8. The van der Waals surface area contributed by atoms with Crippen LogP contribution in [0, 0.1) is 5.92 Å². The number of halogens is 2. The molecule has 0 aliphatic carbocycles. The summed E-state index contributed by atoms with van der Waals surface area (Å²) in [5, 5.41) is 3.06. The zero-order valence-corrected chi connectivity index (χ0v) is 19.5. The van der Waals surface area contributed by atoms with Crippen molar-refractivity contribution in [3.05, 3.63) is 30.1 Å². The van der Waals surface area contributed by atoms with Gasteiger partial charge in [-0.15, -0.1) is 24.8 Å². The number of amides is 2. The number of likely N-dealkylation sites (tertiary alicyclic amines) is 2. The van der Waals surface area contributed by atoms with Gasteiger partial charge >= 0.3 is 0 Å². The molecule has 30 heavy (non-hydrogen) atoms. The highest BCUT2D eigenvalue weighted by Gasteiger charge is 2.35. The highest BCUT2D eigenvalue weighted by atomic mass is 35.5. The Morgan fingerprint density at radius 2 is 1.90 bits per heavy atom. The first-order valence-corrected chi connectivity index (χ1v) is 10.3. The first-order valence-electron chi connectivity index (χ1n) is 10.3. The van der Waals surface area contributed by atoms with Crippen molar-refractivity contribution in [2.45, 2.75) is 57.7 Å². The zero-order chi connectivity index (χ0) is 20.1. The van der Waals surface area contributed by atoms with Gasteiger partial charge < -0.3 is 16.0 Å². The molecule has 1 atom stereocenters. The summed E-state index contributed by atoms with van der Waals surface area (Å²) in [6.07, 6.45) is 7.40. The van der Waals surface area contributed by atoms with Crippen molar-refractivity contribution in [3.8, 4) is 0 Å². The number of rotatable bonds is 5. The Morgan fingerprint density at radius 1 is 1.20 bits per heavy atom. The maximum Gasteiger partial charge on any atom is 0.242 e. The summed E-state index contributed by atoms with van der Waals surface area (Å²) >= 11 is 0. The van der Waals surface area contributed by atoms with Gasteiger partial charge in [0, 0.05) is 44.6 Å². The number of nitrogens with zero attached hydrogens (tertiary/aromatic N) is 3. The molecule has 1 unspecified atom stereocenters. The molecular weight excluding hydrogens is 425 g/mol. The molecule has 7 nitrogen and oxygen atoms in total. The number of nitrogens with two attached hydrogens (primary N) is 1. The van der Waals surface area contributed by atoms with Crippen LogP contribution in [0.2, 0.25) is 0 Å². The number of pyridine rings is 1. The topological polar surface area (TPSA) is 91.6 Å². The monoisotopic (exact) mass is 459 g/mol. The van der Waals surface area contributed by atoms with E-state index in [1.165, 1.54) is 0 Å². The molecule has 1 aromatic rings. The second-order valence-electron chi connectivity index (χ2n) is 8.66. The molecule has 2 aliphatic heterocycles. The predicted molar refractivity (Wildman–Crippen MR) is 123 cm³/mol. The van der Waals surface area contributed by atoms with E-state index in [0.29, 0.717) is 12.6 Å². The minimum atomic E-state index is -0.810. The molecule has 2 fully saturated rings. The van der Waals surface area contributed by atoms with Crippen LogP contribution in [-0.4, -0.2) is 64.4 Å². The lowest BCUT2D eigenvalue weighted by molar-refractivity contribution is -0.137. The van der Waals surface area contributed by atoms with E-state index in [1.54, 1.807) is 26.2 Å². The van der Waals surface area contributed by atoms with Crippen LogP contribution in [0.15, 0.2) is 24.5 Å². The van der Waals surface area contributed by atoms with Crippen LogP contribution < -0.4 is 11.1 Å². The van der Waals surface area contributed by atoms with Gasteiger partial charge in [0.15, 0.2) is 0 Å². The lowest BCUT2D eigenvalue weighted by Gasteiger charge is -2.43. The van der Waals surface area contributed by atoms with Crippen molar-refractivity contribution in [3.63, 3.8) is 0 Å². The lowest BCUT2D eigenvalue weighted by atomic mass is 9.92. The number of carbonyl (C=O) groups excluding carboxylic acids is 2. The minimum Gasteiger partial charge on any atom is -0.352 e. The Hall–Kier alpha value is -1.41. The first-order chi connectivity index (χ1) is 13.3. The molecule has 0 bridgehead atoms. The Kier molecular flexibility index (Phi) is 10.5. The van der Waals surface area contributed by atoms with Gasteiger partial charge in [0.05, 0.1) is 11.5 Å². The predicted octanol–water partition coefficient (Wildman–Crippen LogP) is 1.98. The van der Waals surface area contributed by atoms with Gasteiger partial charge in [0.2, 0.25) is 11.8 Å². The Morgan fingerprint density at radius 3 is 2.50 bits per heavy atom. The van der Waals surface area contributed by atoms with Crippen LogP contribution in [-0.2, 0) is 16.1 Å². The summed E-state index contributed by atoms with van der Waals surface area (Å²) in [4.78, 5) is 33.4. The fraction of sp³-hybridized carbons (Fsp3) is 0.667. The number of aromatic nitrogens is 1. The molecule has 3 N–H and O–H groups in total. The zero-order valence-electron chi connectivity index (χ0n) is 17.9. The third kappa shape index (κ3) is 7.08. The third-order valence-electron chi connectivity index (χ3n) is 5.83. The van der Waals surface area contributed by atoms with E-state index >= 15 is 0 Å². The Bertz CT molecular complexity index is 676. The van der Waals surface area contributed by atoms with Crippen LogP contribution in [0.5, 0.6) is 0 Å². The number of piperidine rings is 2. The molecule has 0 saturated carbocycles. The van der Waals surface area contributed by atoms with E-state index < -0.39 is 5.54 Å². The maximum atomic E-state index is 12.6. The molecule has 170 valence electrons. The van der Waals surface area contributed by atoms with Crippen LogP contribution in [0.4, 0.5) is 0 Å². The van der Waals surface area contributed by atoms with Gasteiger partial charge in [-0.05, 0) is 57.7 Å². The van der Waals surface area contributed by atoms with Crippen molar-refractivity contribution < 1.29 is 9.59 Å². The summed E-state index contributed by atoms with van der Waals surface area (Å²) in [7, 11) is 0. The molecule has 2 saturated heterocycles. The molecule has 2 amide bonds. The average molecular weight is 460 g/mol. The number of nitrogens with one attached hydrogen (secondary N) is 1. The largest absolute Gasteiger partial charge is 0.352 e. The van der Waals surface area contributed by atoms with E-state index in [-0.39, 0.29) is 42.5 Å². The Labute approximate surface area is 192 Å². The van der Waals surface area contributed by atoms with Crippen LogP contribution in [0.1, 0.15) is 45.1 Å². The smallest absolute Gasteiger partial charge is 0.242 e. The molecule has 0 spiro atoms. The van der Waals surface area contributed by atoms with Crippen molar-refractivity contribution in [2.24, 2.45) is 11.7 Å². The Balaban J connectivity index is 0.00000225. The maximum absolute atomic E-state index is 12.6. The summed E-state index contributed by atoms with van der Waals surface area (Å²) in [5.74, 6) is 0.191. The fourth-order valence-corrected chi connectivity index (χ4v) is 4.23. The number of hydrogen-bond donors (Lipinski definition) is 2. The first kappa shape index (κ1) is 26.6. The highest BCUT2D eigenvalue weighted by molar-refractivity contribution is 5.86. The van der Waals surface area contributed by atoms with E-state index in [0.717, 1.165) is 57.4 Å². The van der Waals surface area contributed by atoms with Gasteiger partial charge in [-0.25, -0.2) is 0 Å².